The predicted octanol–water partition coefficient (Wildman–Crippen LogP) is 2.04. The van der Waals surface area contributed by atoms with Gasteiger partial charge in [0, 0.05) is 12.8 Å². The maximum absolute atomic E-state index is 9.10. The summed E-state index contributed by atoms with van der Waals surface area (Å²) < 4.78 is 7.31. The normalized spacial score (nSPS) is 10.5. The van der Waals surface area contributed by atoms with E-state index in [0.29, 0.717) is 18.6 Å². The smallest absolute Gasteiger partial charge is 0.414 e. The summed E-state index contributed by atoms with van der Waals surface area (Å²) in [6, 6.07) is 0. The second-order valence-electron chi connectivity index (χ2n) is 5.83. The number of imidazole rings is 1. The number of methoxy groups -OCH3 is 1. The topological polar surface area (TPSA) is 102 Å². The summed E-state index contributed by atoms with van der Waals surface area (Å²) >= 11 is 0. The van der Waals surface area contributed by atoms with Gasteiger partial charge in [-0.15, -0.1) is 0 Å². The first-order chi connectivity index (χ1) is 10.2. The van der Waals surface area contributed by atoms with Gasteiger partial charge in [-0.1, -0.05) is 27.7 Å². The van der Waals surface area contributed by atoms with Crippen molar-refractivity contribution in [2.24, 2.45) is 11.8 Å². The number of ether oxygens (including phenoxy) is 1. The number of aliphatic carboxylic acids is 2. The number of hydrogen-bond acceptors (Lipinski definition) is 4. The van der Waals surface area contributed by atoms with E-state index in [9.17, 15) is 0 Å². The van der Waals surface area contributed by atoms with Crippen LogP contribution >= 0.6 is 0 Å². The van der Waals surface area contributed by atoms with Crippen LogP contribution in [0, 0.1) is 11.8 Å². The first-order valence-corrected chi connectivity index (χ1v) is 7.17. The molecule has 7 nitrogen and oxygen atoms in total. The molecule has 0 aliphatic heterocycles. The number of carboxylic acid groups (broad SMARTS) is 2. The molecule has 0 aliphatic rings. The lowest BCUT2D eigenvalue weighted by molar-refractivity contribution is -0.159. The molecule has 0 spiro atoms. The molecule has 0 aliphatic carbocycles. The van der Waals surface area contributed by atoms with Gasteiger partial charge in [0.15, 0.2) is 0 Å². The molecule has 1 aromatic heterocycles. The summed E-state index contributed by atoms with van der Waals surface area (Å²) in [5, 5.41) is 14.8. The highest BCUT2D eigenvalue weighted by atomic mass is 16.5. The third-order valence-corrected chi connectivity index (χ3v) is 2.69. The van der Waals surface area contributed by atoms with Crippen LogP contribution in [0.1, 0.15) is 39.1 Å². The summed E-state index contributed by atoms with van der Waals surface area (Å²) in [6.45, 7) is 9.54. The number of carboxylic acids is 2. The zero-order chi connectivity index (χ0) is 17.3. The summed E-state index contributed by atoms with van der Waals surface area (Å²) in [5.41, 5.74) is 2.58. The zero-order valence-electron chi connectivity index (χ0n) is 13.9. The minimum atomic E-state index is -1.82. The second-order valence-corrected chi connectivity index (χ2v) is 5.83. The van der Waals surface area contributed by atoms with Crippen LogP contribution in [0.3, 0.4) is 0 Å². The number of carbonyl (C=O) groups is 2. The van der Waals surface area contributed by atoms with Crippen LogP contribution in [0.15, 0.2) is 6.33 Å². The van der Waals surface area contributed by atoms with Crippen molar-refractivity contribution < 1.29 is 24.5 Å². The Labute approximate surface area is 130 Å². The number of nitrogens with zero attached hydrogens (tertiary/aromatic N) is 2. The Morgan fingerprint density at radius 2 is 1.64 bits per heavy atom. The molecule has 126 valence electrons. The summed E-state index contributed by atoms with van der Waals surface area (Å²) in [4.78, 5) is 22.7. The number of aromatic nitrogens is 2. The molecule has 0 bridgehead atoms. The highest BCUT2D eigenvalue weighted by molar-refractivity contribution is 6.27. The second kappa shape index (κ2) is 9.94. The maximum atomic E-state index is 9.10. The van der Waals surface area contributed by atoms with E-state index in [4.69, 9.17) is 24.5 Å². The minimum absolute atomic E-state index is 0.604. The summed E-state index contributed by atoms with van der Waals surface area (Å²) in [6.07, 6.45) is 4.03. The van der Waals surface area contributed by atoms with Crippen LogP contribution in [0.4, 0.5) is 0 Å². The largest absolute Gasteiger partial charge is 0.473 e. The number of hydrogen-bond donors (Lipinski definition) is 2. The van der Waals surface area contributed by atoms with Crippen LogP contribution in [0.5, 0.6) is 0 Å². The van der Waals surface area contributed by atoms with E-state index in [0.717, 1.165) is 12.8 Å². The Morgan fingerprint density at radius 1 is 1.14 bits per heavy atom. The van der Waals surface area contributed by atoms with Gasteiger partial charge in [-0.3, -0.25) is 0 Å². The van der Waals surface area contributed by atoms with Crippen LogP contribution < -0.4 is 0 Å². The minimum Gasteiger partial charge on any atom is -0.473 e. The van der Waals surface area contributed by atoms with Gasteiger partial charge in [-0.2, -0.15) is 0 Å². The van der Waals surface area contributed by atoms with E-state index in [2.05, 4.69) is 37.2 Å². The molecule has 22 heavy (non-hydrogen) atoms. The highest BCUT2D eigenvalue weighted by Crippen LogP contribution is 2.16. The van der Waals surface area contributed by atoms with Crippen LogP contribution in [0.25, 0.3) is 0 Å². The molecule has 7 heteroatoms. The molecule has 0 saturated heterocycles. The quantitative estimate of drug-likeness (QED) is 0.779. The lowest BCUT2D eigenvalue weighted by atomic mass is 10.0. The third-order valence-electron chi connectivity index (χ3n) is 2.69. The highest BCUT2D eigenvalue weighted by Gasteiger charge is 2.13. The standard InChI is InChI=1S/C13H24N2O.C2H2O4/c1-10(2)6-12-13(7-11(3)4)15(8-14-12)9-16-5;3-1(4)2(5)6/h8,10-11H,6-7,9H2,1-5H3;(H,3,4)(H,5,6). The predicted molar refractivity (Wildman–Crippen MR) is 81.6 cm³/mol. The summed E-state index contributed by atoms with van der Waals surface area (Å²) in [5.74, 6) is -2.35. The molecule has 1 rings (SSSR count). The molecule has 2 N–H and O–H groups in total. The van der Waals surface area contributed by atoms with Crippen molar-refractivity contribution in [2.45, 2.75) is 47.3 Å². The van der Waals surface area contributed by atoms with Crippen LogP contribution in [-0.4, -0.2) is 38.8 Å². The van der Waals surface area contributed by atoms with Gasteiger partial charge >= 0.3 is 11.9 Å². The maximum Gasteiger partial charge on any atom is 0.414 e. The molecule has 0 unspecified atom stereocenters. The Bertz CT molecular complexity index is 468. The Morgan fingerprint density at radius 3 is 2.00 bits per heavy atom. The third kappa shape index (κ3) is 7.78. The van der Waals surface area contributed by atoms with Gasteiger partial charge < -0.3 is 19.5 Å². The van der Waals surface area contributed by atoms with Gasteiger partial charge in [-0.25, -0.2) is 14.6 Å². The molecule has 1 heterocycles. The van der Waals surface area contributed by atoms with E-state index in [1.807, 2.05) is 6.33 Å². The van der Waals surface area contributed by atoms with Gasteiger partial charge in [0.2, 0.25) is 0 Å². The van der Waals surface area contributed by atoms with Crippen molar-refractivity contribution in [1.82, 2.24) is 9.55 Å². The Kier molecular flexibility index (Phi) is 9.09. The van der Waals surface area contributed by atoms with E-state index in [-0.39, 0.29) is 0 Å². The van der Waals surface area contributed by atoms with Crippen molar-refractivity contribution in [3.63, 3.8) is 0 Å². The molecular formula is C15H26N2O5. The van der Waals surface area contributed by atoms with Gasteiger partial charge in [0.1, 0.15) is 6.73 Å². The average molecular weight is 314 g/mol. The van der Waals surface area contributed by atoms with Gasteiger partial charge in [-0.05, 0) is 24.7 Å². The Hall–Kier alpha value is -1.89. The molecule has 0 atom stereocenters. The average Bonchev–Trinajstić information content (AvgIpc) is 2.72. The molecule has 0 amide bonds. The van der Waals surface area contributed by atoms with Gasteiger partial charge in [0.25, 0.3) is 0 Å². The summed E-state index contributed by atoms with van der Waals surface area (Å²) in [7, 11) is 1.72. The van der Waals surface area contributed by atoms with E-state index in [1.54, 1.807) is 7.11 Å². The van der Waals surface area contributed by atoms with Crippen molar-refractivity contribution in [3.8, 4) is 0 Å². The molecule has 1 aromatic rings. The van der Waals surface area contributed by atoms with Gasteiger partial charge in [0.05, 0.1) is 12.0 Å². The molecule has 0 aromatic carbocycles. The SMILES string of the molecule is COCn1cnc(CC(C)C)c1CC(C)C.O=C(O)C(=O)O. The molecule has 0 fully saturated rings. The van der Waals surface area contributed by atoms with Crippen molar-refractivity contribution in [3.05, 3.63) is 17.7 Å². The first kappa shape index (κ1) is 20.1. The number of rotatable bonds is 6. The fraction of sp³-hybridized carbons (Fsp3) is 0.667. The van der Waals surface area contributed by atoms with E-state index in [1.165, 1.54) is 11.4 Å². The Balaban J connectivity index is 0.000000626. The lowest BCUT2D eigenvalue weighted by Crippen LogP contribution is -2.09. The fourth-order valence-corrected chi connectivity index (χ4v) is 1.88. The first-order valence-electron chi connectivity index (χ1n) is 7.17. The van der Waals surface area contributed by atoms with Crippen LogP contribution in [0.2, 0.25) is 0 Å². The molecule has 0 radical (unpaired) electrons. The van der Waals surface area contributed by atoms with Crippen molar-refractivity contribution in [1.29, 1.82) is 0 Å². The van der Waals surface area contributed by atoms with E-state index < -0.39 is 11.9 Å². The molecular weight excluding hydrogens is 288 g/mol. The monoisotopic (exact) mass is 314 g/mol. The van der Waals surface area contributed by atoms with E-state index >= 15 is 0 Å². The van der Waals surface area contributed by atoms with Crippen molar-refractivity contribution in [2.75, 3.05) is 7.11 Å². The fourth-order valence-electron chi connectivity index (χ4n) is 1.88. The molecule has 0 saturated carbocycles. The zero-order valence-corrected chi connectivity index (χ0v) is 13.9. The van der Waals surface area contributed by atoms with Crippen molar-refractivity contribution >= 4 is 11.9 Å². The van der Waals surface area contributed by atoms with Crippen LogP contribution in [-0.2, 0) is 33.9 Å². The lowest BCUT2D eigenvalue weighted by Gasteiger charge is -2.12.